The van der Waals surface area contributed by atoms with E-state index < -0.39 is 0 Å². The maximum absolute atomic E-state index is 11.7. The van der Waals surface area contributed by atoms with Crippen molar-refractivity contribution in [1.29, 1.82) is 0 Å². The highest BCUT2D eigenvalue weighted by molar-refractivity contribution is 9.10. The summed E-state index contributed by atoms with van der Waals surface area (Å²) in [6.07, 6.45) is 0.744. The second-order valence-electron chi connectivity index (χ2n) is 4.27. The van der Waals surface area contributed by atoms with Crippen LogP contribution in [0.5, 0.6) is 0 Å². The first-order valence-electron chi connectivity index (χ1n) is 6.18. The van der Waals surface area contributed by atoms with Crippen molar-refractivity contribution in [2.24, 2.45) is 0 Å². The van der Waals surface area contributed by atoms with E-state index in [1.807, 2.05) is 48.5 Å². The Morgan fingerprint density at radius 2 is 1.90 bits per heavy atom. The van der Waals surface area contributed by atoms with Gasteiger partial charge in [0.15, 0.2) is 0 Å². The molecule has 0 radical (unpaired) electrons. The van der Waals surface area contributed by atoms with Gasteiger partial charge >= 0.3 is 6.03 Å². The van der Waals surface area contributed by atoms with Crippen molar-refractivity contribution in [3.63, 3.8) is 0 Å². The van der Waals surface area contributed by atoms with Gasteiger partial charge in [-0.15, -0.1) is 0 Å². The highest BCUT2D eigenvalue weighted by Gasteiger charge is 2.01. The van der Waals surface area contributed by atoms with Crippen LogP contribution in [0.2, 0.25) is 5.02 Å². The molecule has 2 N–H and O–H groups in total. The molecule has 0 heterocycles. The summed E-state index contributed by atoms with van der Waals surface area (Å²) in [5.41, 5.74) is 1.86. The van der Waals surface area contributed by atoms with E-state index in [9.17, 15) is 4.79 Å². The summed E-state index contributed by atoms with van der Waals surface area (Å²) in [5.74, 6) is 0. The van der Waals surface area contributed by atoms with Crippen LogP contribution < -0.4 is 10.6 Å². The smallest absolute Gasteiger partial charge is 0.319 e. The minimum Gasteiger partial charge on any atom is -0.338 e. The first-order valence-corrected chi connectivity index (χ1v) is 7.35. The molecule has 0 fully saturated rings. The predicted molar refractivity (Wildman–Crippen MR) is 86.3 cm³/mol. The van der Waals surface area contributed by atoms with Gasteiger partial charge in [0.25, 0.3) is 0 Å². The van der Waals surface area contributed by atoms with Crippen molar-refractivity contribution >= 4 is 39.2 Å². The van der Waals surface area contributed by atoms with E-state index in [-0.39, 0.29) is 6.03 Å². The van der Waals surface area contributed by atoms with E-state index in [1.54, 1.807) is 0 Å². The lowest BCUT2D eigenvalue weighted by Gasteiger charge is -2.08. The molecule has 0 saturated heterocycles. The number of hydrogen-bond acceptors (Lipinski definition) is 1. The van der Waals surface area contributed by atoms with E-state index in [4.69, 9.17) is 11.6 Å². The van der Waals surface area contributed by atoms with E-state index in [0.29, 0.717) is 11.6 Å². The number of amides is 2. The summed E-state index contributed by atoms with van der Waals surface area (Å²) >= 11 is 9.25. The normalized spacial score (nSPS) is 10.1. The number of nitrogens with one attached hydrogen (secondary N) is 2. The monoisotopic (exact) mass is 352 g/mol. The Labute approximate surface area is 131 Å². The molecule has 0 aliphatic carbocycles. The van der Waals surface area contributed by atoms with Crippen molar-refractivity contribution in [1.82, 2.24) is 5.32 Å². The predicted octanol–water partition coefficient (Wildman–Crippen LogP) is 4.47. The van der Waals surface area contributed by atoms with Crippen LogP contribution in [0.25, 0.3) is 0 Å². The second-order valence-corrected chi connectivity index (χ2v) is 5.62. The molecule has 2 rings (SSSR count). The maximum atomic E-state index is 11.7. The molecule has 0 unspecified atom stereocenters. The fourth-order valence-corrected chi connectivity index (χ4v) is 2.20. The van der Waals surface area contributed by atoms with Gasteiger partial charge in [-0.3, -0.25) is 0 Å². The van der Waals surface area contributed by atoms with Gasteiger partial charge in [-0.25, -0.2) is 4.79 Å². The number of anilines is 1. The number of benzene rings is 2. The van der Waals surface area contributed by atoms with Crippen LogP contribution in [0.1, 0.15) is 5.56 Å². The third-order valence-electron chi connectivity index (χ3n) is 2.69. The minimum atomic E-state index is -0.214. The number of carbonyl (C=O) groups is 1. The van der Waals surface area contributed by atoms with Crippen LogP contribution in [0.15, 0.2) is 53.0 Å². The SMILES string of the molecule is O=C(NCCc1cccc(Cl)c1)Nc1ccc(Br)cc1. The fourth-order valence-electron chi connectivity index (χ4n) is 1.72. The number of carbonyl (C=O) groups excluding carboxylic acids is 1. The van der Waals surface area contributed by atoms with Crippen LogP contribution in [0, 0.1) is 0 Å². The van der Waals surface area contributed by atoms with E-state index >= 15 is 0 Å². The van der Waals surface area contributed by atoms with Crippen LogP contribution in [0.3, 0.4) is 0 Å². The Bertz CT molecular complexity index is 587. The summed E-state index contributed by atoms with van der Waals surface area (Å²) in [4.78, 5) is 11.7. The van der Waals surface area contributed by atoms with E-state index in [1.165, 1.54) is 0 Å². The molecule has 0 saturated carbocycles. The maximum Gasteiger partial charge on any atom is 0.319 e. The molecule has 2 aromatic carbocycles. The summed E-state index contributed by atoms with van der Waals surface area (Å²) in [6.45, 7) is 0.558. The lowest BCUT2D eigenvalue weighted by molar-refractivity contribution is 0.252. The molecular weight excluding hydrogens is 340 g/mol. The van der Waals surface area contributed by atoms with Gasteiger partial charge < -0.3 is 10.6 Å². The zero-order valence-corrected chi connectivity index (χ0v) is 13.0. The Hall–Kier alpha value is -1.52. The van der Waals surface area contributed by atoms with Gasteiger partial charge in [-0.1, -0.05) is 39.7 Å². The van der Waals surface area contributed by atoms with Crippen LogP contribution in [-0.2, 0) is 6.42 Å². The largest absolute Gasteiger partial charge is 0.338 e. The van der Waals surface area contributed by atoms with Crippen molar-refractivity contribution in [3.05, 3.63) is 63.6 Å². The van der Waals surface area contributed by atoms with Gasteiger partial charge in [0, 0.05) is 21.7 Å². The molecule has 5 heteroatoms. The van der Waals surface area contributed by atoms with Crippen molar-refractivity contribution in [2.75, 3.05) is 11.9 Å². The number of halogens is 2. The van der Waals surface area contributed by atoms with Crippen molar-refractivity contribution in [3.8, 4) is 0 Å². The Kier molecular flexibility index (Phi) is 5.44. The third-order valence-corrected chi connectivity index (χ3v) is 3.45. The highest BCUT2D eigenvalue weighted by Crippen LogP contribution is 2.14. The van der Waals surface area contributed by atoms with E-state index in [2.05, 4.69) is 26.6 Å². The lowest BCUT2D eigenvalue weighted by atomic mass is 10.1. The van der Waals surface area contributed by atoms with Gasteiger partial charge in [0.05, 0.1) is 0 Å². The first kappa shape index (κ1) is 14.9. The number of rotatable bonds is 4. The summed E-state index contributed by atoms with van der Waals surface area (Å²) in [6, 6.07) is 14.8. The topological polar surface area (TPSA) is 41.1 Å². The molecule has 0 spiro atoms. The molecule has 0 aromatic heterocycles. The summed E-state index contributed by atoms with van der Waals surface area (Å²) < 4.78 is 0.976. The molecule has 0 atom stereocenters. The fraction of sp³-hybridized carbons (Fsp3) is 0.133. The third kappa shape index (κ3) is 4.87. The molecule has 2 aromatic rings. The molecule has 0 bridgehead atoms. The van der Waals surface area contributed by atoms with Gasteiger partial charge in [0.1, 0.15) is 0 Å². The lowest BCUT2D eigenvalue weighted by Crippen LogP contribution is -2.30. The zero-order valence-electron chi connectivity index (χ0n) is 10.7. The second kappa shape index (κ2) is 7.31. The summed E-state index contributed by atoms with van der Waals surface area (Å²) in [7, 11) is 0. The molecule has 0 aliphatic heterocycles. The standard InChI is InChI=1S/C15H14BrClN2O/c16-12-4-6-14(7-5-12)19-15(20)18-9-8-11-2-1-3-13(17)10-11/h1-7,10H,8-9H2,(H2,18,19,20). The van der Waals surface area contributed by atoms with Crippen LogP contribution in [-0.4, -0.2) is 12.6 Å². The van der Waals surface area contributed by atoms with Crippen molar-refractivity contribution < 1.29 is 4.79 Å². The Morgan fingerprint density at radius 1 is 1.15 bits per heavy atom. The molecule has 104 valence electrons. The highest BCUT2D eigenvalue weighted by atomic mass is 79.9. The Balaban J connectivity index is 1.76. The van der Waals surface area contributed by atoms with E-state index in [0.717, 1.165) is 22.1 Å². The van der Waals surface area contributed by atoms with Gasteiger partial charge in [0.2, 0.25) is 0 Å². The van der Waals surface area contributed by atoms with Crippen LogP contribution >= 0.6 is 27.5 Å². The molecule has 0 aliphatic rings. The van der Waals surface area contributed by atoms with Crippen molar-refractivity contribution in [2.45, 2.75) is 6.42 Å². The first-order chi connectivity index (χ1) is 9.63. The molecule has 2 amide bonds. The quantitative estimate of drug-likeness (QED) is 0.837. The summed E-state index contributed by atoms with van der Waals surface area (Å²) in [5, 5.41) is 6.29. The van der Waals surface area contributed by atoms with Gasteiger partial charge in [-0.2, -0.15) is 0 Å². The Morgan fingerprint density at radius 3 is 2.60 bits per heavy atom. The van der Waals surface area contributed by atoms with Crippen LogP contribution in [0.4, 0.5) is 10.5 Å². The number of hydrogen-bond donors (Lipinski definition) is 2. The van der Waals surface area contributed by atoms with Gasteiger partial charge in [-0.05, 0) is 48.4 Å². The zero-order chi connectivity index (χ0) is 14.4. The molecule has 20 heavy (non-hydrogen) atoms. The average molecular weight is 354 g/mol. The molecule has 3 nitrogen and oxygen atoms in total. The minimum absolute atomic E-state index is 0.214. The molecular formula is C15H14BrClN2O. The number of urea groups is 1. The average Bonchev–Trinajstić information content (AvgIpc) is 2.41.